The largest absolute Gasteiger partial charge is 0.496 e. The van der Waals surface area contributed by atoms with Crippen LogP contribution in [0.2, 0.25) is 0 Å². The van der Waals surface area contributed by atoms with E-state index in [0.29, 0.717) is 11.3 Å². The lowest BCUT2D eigenvalue weighted by molar-refractivity contribution is 0.318. The lowest BCUT2D eigenvalue weighted by atomic mass is 10.1. The summed E-state index contributed by atoms with van der Waals surface area (Å²) in [5.74, 6) is 1.58. The number of aromatic nitrogens is 1. The Morgan fingerprint density at radius 1 is 1.55 bits per heavy atom. The number of oxime groups is 1. The molecule has 1 aromatic heterocycles. The number of rotatable bonds is 5. The van der Waals surface area contributed by atoms with Crippen molar-refractivity contribution in [1.29, 1.82) is 0 Å². The number of amidine groups is 1. The number of methoxy groups -OCH3 is 1. The summed E-state index contributed by atoms with van der Waals surface area (Å²) < 4.78 is 6.35. The highest BCUT2D eigenvalue weighted by molar-refractivity contribution is 8.00. The van der Waals surface area contributed by atoms with Crippen LogP contribution in [-0.2, 0) is 5.75 Å². The molecule has 0 unspecified atom stereocenters. The van der Waals surface area contributed by atoms with Crippen molar-refractivity contribution in [3.8, 4) is 5.75 Å². The van der Waals surface area contributed by atoms with E-state index in [1.54, 1.807) is 36.3 Å². The molecule has 0 radical (unpaired) electrons. The van der Waals surface area contributed by atoms with Crippen LogP contribution in [0.4, 0.5) is 0 Å². The van der Waals surface area contributed by atoms with Gasteiger partial charge in [0.15, 0.2) is 5.84 Å². The number of aryl methyl sites for hydroxylation is 1. The third-order valence-corrected chi connectivity index (χ3v) is 4.82. The second-order valence-electron chi connectivity index (χ2n) is 4.06. The molecule has 0 saturated heterocycles. The van der Waals surface area contributed by atoms with E-state index in [4.69, 9.17) is 15.7 Å². The summed E-state index contributed by atoms with van der Waals surface area (Å²) in [6, 6.07) is 5.44. The van der Waals surface area contributed by atoms with Crippen molar-refractivity contribution in [3.05, 3.63) is 40.4 Å². The molecule has 0 amide bonds. The Bertz CT molecular complexity index is 626. The maximum Gasteiger partial charge on any atom is 0.170 e. The number of benzene rings is 1. The van der Waals surface area contributed by atoms with Gasteiger partial charge in [0.05, 0.1) is 7.11 Å². The predicted octanol–water partition coefficient (Wildman–Crippen LogP) is 2.85. The number of ether oxygens (including phenoxy) is 1. The number of nitrogens with zero attached hydrogens (tertiary/aromatic N) is 2. The summed E-state index contributed by atoms with van der Waals surface area (Å²) in [5, 5.41) is 13.8. The van der Waals surface area contributed by atoms with E-state index in [2.05, 4.69) is 10.1 Å². The van der Waals surface area contributed by atoms with Crippen LogP contribution in [0.1, 0.15) is 16.8 Å². The molecule has 3 N–H and O–H groups in total. The number of hydrogen-bond donors (Lipinski definition) is 2. The summed E-state index contributed by atoms with van der Waals surface area (Å²) in [5.41, 5.74) is 8.28. The Labute approximate surface area is 125 Å². The van der Waals surface area contributed by atoms with E-state index in [9.17, 15) is 0 Å². The lowest BCUT2D eigenvalue weighted by Crippen LogP contribution is -2.13. The van der Waals surface area contributed by atoms with E-state index < -0.39 is 0 Å². The smallest absolute Gasteiger partial charge is 0.170 e. The molecule has 0 fully saturated rings. The van der Waals surface area contributed by atoms with E-state index in [1.807, 2.05) is 24.4 Å². The fraction of sp³-hybridized carbons (Fsp3) is 0.231. The molecule has 20 heavy (non-hydrogen) atoms. The molecule has 0 atom stereocenters. The van der Waals surface area contributed by atoms with E-state index in [1.165, 1.54) is 0 Å². The van der Waals surface area contributed by atoms with Crippen molar-refractivity contribution in [2.45, 2.75) is 17.0 Å². The molecule has 5 nitrogen and oxygen atoms in total. The molecule has 0 bridgehead atoms. The zero-order valence-electron chi connectivity index (χ0n) is 11.2. The van der Waals surface area contributed by atoms with E-state index in [-0.39, 0.29) is 5.84 Å². The van der Waals surface area contributed by atoms with Gasteiger partial charge in [-0.25, -0.2) is 4.98 Å². The third-order valence-electron chi connectivity index (χ3n) is 2.63. The molecule has 0 saturated carbocycles. The molecule has 0 spiro atoms. The quantitative estimate of drug-likeness (QED) is 0.292. The molecule has 2 rings (SSSR count). The highest BCUT2D eigenvalue weighted by Gasteiger charge is 2.09. The van der Waals surface area contributed by atoms with Gasteiger partial charge in [0.2, 0.25) is 0 Å². The minimum atomic E-state index is 0.0870. The van der Waals surface area contributed by atoms with Crippen LogP contribution in [0.25, 0.3) is 0 Å². The summed E-state index contributed by atoms with van der Waals surface area (Å²) >= 11 is 3.26. The first-order chi connectivity index (χ1) is 9.63. The average molecular weight is 309 g/mol. The van der Waals surface area contributed by atoms with Crippen molar-refractivity contribution in [3.63, 3.8) is 0 Å². The van der Waals surface area contributed by atoms with E-state index in [0.717, 1.165) is 21.3 Å². The molecule has 7 heteroatoms. The second-order valence-corrected chi connectivity index (χ2v) is 6.14. The molecule has 1 aromatic carbocycles. The summed E-state index contributed by atoms with van der Waals surface area (Å²) in [6.07, 6.45) is 0. The van der Waals surface area contributed by atoms with Crippen LogP contribution in [0.5, 0.6) is 5.75 Å². The Balaban J connectivity index is 2.20. The molecular formula is C13H15N3O2S2. The van der Waals surface area contributed by atoms with Crippen LogP contribution in [0, 0.1) is 6.92 Å². The predicted molar refractivity (Wildman–Crippen MR) is 81.9 cm³/mol. The first-order valence-corrected chi connectivity index (χ1v) is 7.70. The summed E-state index contributed by atoms with van der Waals surface area (Å²) in [7, 11) is 1.63. The highest BCUT2D eigenvalue weighted by atomic mass is 32.2. The average Bonchev–Trinajstić information content (AvgIpc) is 2.89. The van der Waals surface area contributed by atoms with Gasteiger partial charge in [-0.1, -0.05) is 16.9 Å². The van der Waals surface area contributed by atoms with Gasteiger partial charge in [-0.15, -0.1) is 11.3 Å². The minimum absolute atomic E-state index is 0.0870. The molecule has 106 valence electrons. The maximum absolute atomic E-state index is 8.73. The summed E-state index contributed by atoms with van der Waals surface area (Å²) in [4.78, 5) is 4.41. The maximum atomic E-state index is 8.73. The Morgan fingerprint density at radius 2 is 2.35 bits per heavy atom. The minimum Gasteiger partial charge on any atom is -0.496 e. The lowest BCUT2D eigenvalue weighted by Gasteiger charge is -2.09. The normalized spacial score (nSPS) is 11.6. The Kier molecular flexibility index (Phi) is 4.86. The molecule has 1 heterocycles. The molecule has 0 aliphatic heterocycles. The van der Waals surface area contributed by atoms with Crippen LogP contribution in [0.15, 0.2) is 33.1 Å². The summed E-state index contributed by atoms with van der Waals surface area (Å²) in [6.45, 7) is 1.97. The number of thioether (sulfide) groups is 1. The van der Waals surface area contributed by atoms with Crippen molar-refractivity contribution in [2.24, 2.45) is 10.9 Å². The van der Waals surface area contributed by atoms with Gasteiger partial charge in [-0.2, -0.15) is 0 Å². The zero-order valence-corrected chi connectivity index (χ0v) is 12.8. The van der Waals surface area contributed by atoms with Gasteiger partial charge >= 0.3 is 0 Å². The van der Waals surface area contributed by atoms with Crippen LogP contribution >= 0.6 is 23.1 Å². The number of nitrogens with two attached hydrogens (primary N) is 1. The van der Waals surface area contributed by atoms with Gasteiger partial charge < -0.3 is 15.7 Å². The van der Waals surface area contributed by atoms with Crippen LogP contribution < -0.4 is 10.5 Å². The van der Waals surface area contributed by atoms with Crippen LogP contribution in [-0.4, -0.2) is 23.1 Å². The second kappa shape index (κ2) is 6.62. The Hall–Kier alpha value is -1.73. The van der Waals surface area contributed by atoms with Crippen molar-refractivity contribution < 1.29 is 9.94 Å². The standard InChI is InChI=1S/C13H15N3O2S2/c1-8-6-19-13(15-8)20-7-10-5-9(12(14)16-17)3-4-11(10)18-2/h3-6,17H,7H2,1-2H3,(H2,14,16). The fourth-order valence-electron chi connectivity index (χ4n) is 1.65. The van der Waals surface area contributed by atoms with Crippen molar-refractivity contribution >= 4 is 28.9 Å². The Morgan fingerprint density at radius 3 is 2.95 bits per heavy atom. The zero-order chi connectivity index (χ0) is 14.5. The fourth-order valence-corrected chi connectivity index (χ4v) is 3.47. The molecule has 0 aliphatic rings. The van der Waals surface area contributed by atoms with Gasteiger partial charge in [0, 0.05) is 28.0 Å². The van der Waals surface area contributed by atoms with Gasteiger partial charge in [0.1, 0.15) is 10.1 Å². The highest BCUT2D eigenvalue weighted by Crippen LogP contribution is 2.30. The van der Waals surface area contributed by atoms with Crippen molar-refractivity contribution in [2.75, 3.05) is 7.11 Å². The first kappa shape index (κ1) is 14.7. The SMILES string of the molecule is COc1ccc(/C(N)=N/O)cc1CSc1nc(C)cs1. The number of hydrogen-bond acceptors (Lipinski definition) is 6. The topological polar surface area (TPSA) is 80.7 Å². The molecule has 0 aliphatic carbocycles. The molecular weight excluding hydrogens is 294 g/mol. The molecule has 2 aromatic rings. The van der Waals surface area contributed by atoms with Crippen LogP contribution in [0.3, 0.4) is 0 Å². The first-order valence-electron chi connectivity index (χ1n) is 5.83. The van der Waals surface area contributed by atoms with E-state index >= 15 is 0 Å². The monoisotopic (exact) mass is 309 g/mol. The van der Waals surface area contributed by atoms with Gasteiger partial charge in [0.25, 0.3) is 0 Å². The number of thiazole rings is 1. The van der Waals surface area contributed by atoms with Gasteiger partial charge in [-0.3, -0.25) is 0 Å². The van der Waals surface area contributed by atoms with Gasteiger partial charge in [-0.05, 0) is 25.1 Å². The third kappa shape index (κ3) is 3.43. The van der Waals surface area contributed by atoms with Crippen molar-refractivity contribution in [1.82, 2.24) is 4.98 Å².